The number of nitrogens with one attached hydrogen (secondary N) is 1. The van der Waals surface area contributed by atoms with Crippen molar-refractivity contribution >= 4 is 23.2 Å². The first-order chi connectivity index (χ1) is 13.4. The molecular weight excluding hydrogens is 372 g/mol. The summed E-state index contributed by atoms with van der Waals surface area (Å²) in [7, 11) is 1.38. The first kappa shape index (κ1) is 22.1. The molecule has 0 aliphatic carbocycles. The smallest absolute Gasteiger partial charge is 0.306 e. The average Bonchev–Trinajstić information content (AvgIpc) is 3.18. The summed E-state index contributed by atoms with van der Waals surface area (Å²) in [6.45, 7) is 7.76. The fourth-order valence-corrected chi connectivity index (χ4v) is 3.85. The number of carbonyl (C=O) groups is 2. The van der Waals surface area contributed by atoms with Crippen LogP contribution in [0.25, 0.3) is 0 Å². The molecule has 1 aromatic carbocycles. The average molecular weight is 403 g/mol. The molecule has 5 nitrogen and oxygen atoms in total. The van der Waals surface area contributed by atoms with Crippen molar-refractivity contribution < 1.29 is 14.3 Å². The van der Waals surface area contributed by atoms with Crippen molar-refractivity contribution in [2.45, 2.75) is 33.2 Å². The normalized spacial score (nSPS) is 12.2. The van der Waals surface area contributed by atoms with Crippen LogP contribution in [0.2, 0.25) is 0 Å². The lowest BCUT2D eigenvalue weighted by Crippen LogP contribution is -2.41. The number of amides is 1. The topological polar surface area (TPSA) is 58.6 Å². The molecular formula is C22H30N2O3S. The molecule has 6 heteroatoms. The van der Waals surface area contributed by atoms with Gasteiger partial charge >= 0.3 is 5.97 Å². The largest absolute Gasteiger partial charge is 0.469 e. The lowest BCUT2D eigenvalue weighted by molar-refractivity contribution is -0.141. The molecule has 1 atom stereocenters. The minimum atomic E-state index is -0.259. The summed E-state index contributed by atoms with van der Waals surface area (Å²) < 4.78 is 4.73. The van der Waals surface area contributed by atoms with Gasteiger partial charge in [0.2, 0.25) is 5.91 Å². The Balaban J connectivity index is 2.08. The number of benzene rings is 1. The van der Waals surface area contributed by atoms with E-state index in [1.807, 2.05) is 29.3 Å². The molecule has 0 aliphatic heterocycles. The van der Waals surface area contributed by atoms with Crippen molar-refractivity contribution in [2.24, 2.45) is 5.92 Å². The van der Waals surface area contributed by atoms with Crippen molar-refractivity contribution in [3.05, 3.63) is 57.8 Å². The maximum atomic E-state index is 12.8. The Morgan fingerprint density at radius 1 is 1.18 bits per heavy atom. The Kier molecular flexibility index (Phi) is 8.67. The molecule has 2 rings (SSSR count). The van der Waals surface area contributed by atoms with Gasteiger partial charge in [0, 0.05) is 18.0 Å². The Bertz CT molecular complexity index is 742. The van der Waals surface area contributed by atoms with Gasteiger partial charge < -0.3 is 10.1 Å². The highest BCUT2D eigenvalue weighted by Gasteiger charge is 2.20. The van der Waals surface area contributed by atoms with Gasteiger partial charge in [0.25, 0.3) is 0 Å². The summed E-state index contributed by atoms with van der Waals surface area (Å²) in [5.41, 5.74) is 2.25. The summed E-state index contributed by atoms with van der Waals surface area (Å²) in [6, 6.07) is 12.1. The van der Waals surface area contributed by atoms with Gasteiger partial charge in [-0.2, -0.15) is 0 Å². The summed E-state index contributed by atoms with van der Waals surface area (Å²) in [5, 5.41) is 5.19. The third kappa shape index (κ3) is 7.09. The Morgan fingerprint density at radius 2 is 1.89 bits per heavy atom. The van der Waals surface area contributed by atoms with Gasteiger partial charge in [-0.05, 0) is 29.9 Å². The zero-order valence-electron chi connectivity index (χ0n) is 17.1. The lowest BCUT2D eigenvalue weighted by Gasteiger charge is -2.25. The van der Waals surface area contributed by atoms with Crippen molar-refractivity contribution in [1.29, 1.82) is 0 Å². The maximum absolute atomic E-state index is 12.8. The van der Waals surface area contributed by atoms with E-state index in [1.54, 1.807) is 11.3 Å². The van der Waals surface area contributed by atoms with Crippen LogP contribution in [-0.2, 0) is 14.3 Å². The monoisotopic (exact) mass is 402 g/mol. The van der Waals surface area contributed by atoms with Crippen LogP contribution in [0.5, 0.6) is 0 Å². The Hall–Kier alpha value is -2.18. The summed E-state index contributed by atoms with van der Waals surface area (Å²) in [4.78, 5) is 27.4. The molecule has 1 aromatic heterocycles. The molecule has 152 valence electrons. The van der Waals surface area contributed by atoms with E-state index in [9.17, 15) is 9.59 Å². The number of hydrogen-bond donors (Lipinski definition) is 1. The quantitative estimate of drug-likeness (QED) is 0.615. The molecule has 2 aromatic rings. The summed E-state index contributed by atoms with van der Waals surface area (Å²) >= 11 is 1.63. The fourth-order valence-electron chi connectivity index (χ4n) is 3.05. The maximum Gasteiger partial charge on any atom is 0.306 e. The highest BCUT2D eigenvalue weighted by molar-refractivity contribution is 7.10. The lowest BCUT2D eigenvalue weighted by atomic mass is 10.0. The second kappa shape index (κ2) is 11.0. The van der Waals surface area contributed by atoms with Crippen LogP contribution in [0.4, 0.5) is 0 Å². The summed E-state index contributed by atoms with van der Waals surface area (Å²) in [5.74, 6) is 0.0883. The van der Waals surface area contributed by atoms with E-state index in [0.29, 0.717) is 12.5 Å². The first-order valence-electron chi connectivity index (χ1n) is 9.57. The molecule has 0 fully saturated rings. The van der Waals surface area contributed by atoms with Crippen LogP contribution in [0.3, 0.4) is 0 Å². The van der Waals surface area contributed by atoms with Gasteiger partial charge in [0.1, 0.15) is 0 Å². The number of ether oxygens (including phenoxy) is 1. The standard InChI is InChI=1S/C22H30N2O3S/c1-16(2)14-24(12-11-21(26)27-4)15-20(25)23-22(19-6-5-13-28-19)18-9-7-17(3)8-10-18/h5-10,13,16,22H,11-12,14-15H2,1-4H3,(H,23,25). The number of carbonyl (C=O) groups excluding carboxylic acids is 2. The Labute approximate surface area is 171 Å². The van der Waals surface area contributed by atoms with Gasteiger partial charge in [-0.25, -0.2) is 0 Å². The molecule has 28 heavy (non-hydrogen) atoms. The van der Waals surface area contributed by atoms with Crippen LogP contribution < -0.4 is 5.32 Å². The number of methoxy groups -OCH3 is 1. The van der Waals surface area contributed by atoms with Crippen LogP contribution in [0.15, 0.2) is 41.8 Å². The van der Waals surface area contributed by atoms with E-state index in [2.05, 4.69) is 43.4 Å². The molecule has 0 saturated carbocycles. The van der Waals surface area contributed by atoms with Crippen LogP contribution in [0.1, 0.15) is 42.3 Å². The van der Waals surface area contributed by atoms with Gasteiger partial charge in [0.15, 0.2) is 0 Å². The van der Waals surface area contributed by atoms with Crippen molar-refractivity contribution in [3.63, 3.8) is 0 Å². The number of aryl methyl sites for hydroxylation is 1. The third-order valence-corrected chi connectivity index (χ3v) is 5.33. The SMILES string of the molecule is COC(=O)CCN(CC(=O)NC(c1ccc(C)cc1)c1cccs1)CC(C)C. The van der Waals surface area contributed by atoms with E-state index < -0.39 is 0 Å². The van der Waals surface area contributed by atoms with Gasteiger partial charge in [-0.1, -0.05) is 49.7 Å². The first-order valence-corrected chi connectivity index (χ1v) is 10.5. The molecule has 1 N–H and O–H groups in total. The highest BCUT2D eigenvalue weighted by atomic mass is 32.1. The van der Waals surface area contributed by atoms with E-state index >= 15 is 0 Å². The van der Waals surface area contributed by atoms with Crippen LogP contribution >= 0.6 is 11.3 Å². The molecule has 1 heterocycles. The van der Waals surface area contributed by atoms with E-state index in [1.165, 1.54) is 12.7 Å². The second-order valence-electron chi connectivity index (χ2n) is 7.38. The molecule has 0 bridgehead atoms. The molecule has 1 unspecified atom stereocenters. The predicted octanol–water partition coefficient (Wildman–Crippen LogP) is 3.78. The molecule has 0 saturated heterocycles. The van der Waals surface area contributed by atoms with E-state index in [-0.39, 0.29) is 30.9 Å². The van der Waals surface area contributed by atoms with Gasteiger partial charge in [0.05, 0.1) is 26.1 Å². The summed E-state index contributed by atoms with van der Waals surface area (Å²) in [6.07, 6.45) is 0.281. The highest BCUT2D eigenvalue weighted by Crippen LogP contribution is 2.26. The van der Waals surface area contributed by atoms with E-state index in [4.69, 9.17) is 4.74 Å². The minimum Gasteiger partial charge on any atom is -0.469 e. The third-order valence-electron chi connectivity index (χ3n) is 4.39. The van der Waals surface area contributed by atoms with Gasteiger partial charge in [-0.3, -0.25) is 14.5 Å². The van der Waals surface area contributed by atoms with E-state index in [0.717, 1.165) is 17.0 Å². The Morgan fingerprint density at radius 3 is 2.46 bits per heavy atom. The molecule has 0 spiro atoms. The number of hydrogen-bond acceptors (Lipinski definition) is 5. The molecule has 0 aliphatic rings. The van der Waals surface area contributed by atoms with Crippen LogP contribution in [0, 0.1) is 12.8 Å². The number of nitrogens with zero attached hydrogens (tertiary/aromatic N) is 1. The zero-order valence-corrected chi connectivity index (χ0v) is 17.9. The number of thiophene rings is 1. The van der Waals surface area contributed by atoms with Crippen molar-refractivity contribution in [3.8, 4) is 0 Å². The zero-order chi connectivity index (χ0) is 20.5. The van der Waals surface area contributed by atoms with Crippen molar-refractivity contribution in [2.75, 3.05) is 26.7 Å². The number of rotatable bonds is 10. The predicted molar refractivity (Wildman–Crippen MR) is 113 cm³/mol. The minimum absolute atomic E-state index is 0.0514. The van der Waals surface area contributed by atoms with Crippen molar-refractivity contribution in [1.82, 2.24) is 10.2 Å². The van der Waals surface area contributed by atoms with Crippen LogP contribution in [-0.4, -0.2) is 43.5 Å². The number of esters is 1. The molecule has 0 radical (unpaired) electrons. The molecule has 1 amide bonds. The van der Waals surface area contributed by atoms with Gasteiger partial charge in [-0.15, -0.1) is 11.3 Å². The fraction of sp³-hybridized carbons (Fsp3) is 0.455. The second-order valence-corrected chi connectivity index (χ2v) is 8.36.